The predicted octanol–water partition coefficient (Wildman–Crippen LogP) is 3.08. The zero-order valence-electron chi connectivity index (χ0n) is 18.1. The minimum atomic E-state index is -3.73. The topological polar surface area (TPSA) is 86.8 Å². The van der Waals surface area contributed by atoms with Gasteiger partial charge in [0.1, 0.15) is 12.6 Å². The van der Waals surface area contributed by atoms with Crippen LogP contribution in [0.2, 0.25) is 0 Å². The number of aryl methyl sites for hydroxylation is 1. The van der Waals surface area contributed by atoms with Crippen LogP contribution in [0.5, 0.6) is 0 Å². The molecule has 2 aromatic rings. The molecule has 2 amide bonds. The summed E-state index contributed by atoms with van der Waals surface area (Å²) in [6.07, 6.45) is 1.06. The highest BCUT2D eigenvalue weighted by atomic mass is 79.9. The quantitative estimate of drug-likeness (QED) is 0.562. The monoisotopic (exact) mass is 509 g/mol. The van der Waals surface area contributed by atoms with Crippen molar-refractivity contribution >= 4 is 43.5 Å². The largest absolute Gasteiger partial charge is 0.355 e. The van der Waals surface area contributed by atoms with Crippen LogP contribution < -0.4 is 9.62 Å². The van der Waals surface area contributed by atoms with Gasteiger partial charge >= 0.3 is 0 Å². The Labute approximate surface area is 192 Å². The Kier molecular flexibility index (Phi) is 8.64. The zero-order valence-corrected chi connectivity index (χ0v) is 20.5. The highest BCUT2D eigenvalue weighted by Gasteiger charge is 2.30. The molecule has 0 aliphatic rings. The molecule has 0 spiro atoms. The number of halogens is 1. The summed E-state index contributed by atoms with van der Waals surface area (Å²) in [5.74, 6) is -0.755. The number of benzene rings is 2. The molecule has 168 valence electrons. The van der Waals surface area contributed by atoms with Gasteiger partial charge in [-0.2, -0.15) is 0 Å². The standard InChI is InChI=1S/C22H28BrN3O4S/c1-5-24-22(28)17(3)25(14-18-9-7-6-8-16(18)2)21(27)15-26(31(4,29)30)20-12-10-19(23)11-13-20/h6-13,17H,5,14-15H2,1-4H3,(H,24,28). The fourth-order valence-electron chi connectivity index (χ4n) is 3.10. The van der Waals surface area contributed by atoms with Gasteiger partial charge in [0.05, 0.1) is 11.9 Å². The molecule has 0 bridgehead atoms. The van der Waals surface area contributed by atoms with Gasteiger partial charge in [-0.25, -0.2) is 8.42 Å². The van der Waals surface area contributed by atoms with E-state index in [0.717, 1.165) is 26.2 Å². The lowest BCUT2D eigenvalue weighted by Gasteiger charge is -2.31. The van der Waals surface area contributed by atoms with E-state index in [1.807, 2.05) is 31.2 Å². The lowest BCUT2D eigenvalue weighted by Crippen LogP contribution is -2.51. The molecule has 31 heavy (non-hydrogen) atoms. The van der Waals surface area contributed by atoms with Gasteiger partial charge in [-0.15, -0.1) is 0 Å². The van der Waals surface area contributed by atoms with Crippen molar-refractivity contribution < 1.29 is 18.0 Å². The maximum absolute atomic E-state index is 13.3. The molecule has 2 aromatic carbocycles. The van der Waals surface area contributed by atoms with Crippen LogP contribution in [0.4, 0.5) is 5.69 Å². The zero-order chi connectivity index (χ0) is 23.2. The van der Waals surface area contributed by atoms with Gasteiger partial charge < -0.3 is 10.2 Å². The van der Waals surface area contributed by atoms with Crippen molar-refractivity contribution in [3.05, 3.63) is 64.1 Å². The van der Waals surface area contributed by atoms with Crippen molar-refractivity contribution in [2.24, 2.45) is 0 Å². The molecule has 0 aliphatic carbocycles. The van der Waals surface area contributed by atoms with Crippen LogP contribution in [0.25, 0.3) is 0 Å². The first-order chi connectivity index (χ1) is 14.5. The summed E-state index contributed by atoms with van der Waals surface area (Å²) in [5, 5.41) is 2.73. The van der Waals surface area contributed by atoms with Crippen LogP contribution in [0.1, 0.15) is 25.0 Å². The fraction of sp³-hybridized carbons (Fsp3) is 0.364. The summed E-state index contributed by atoms with van der Waals surface area (Å²) in [6.45, 7) is 5.60. The number of rotatable bonds is 9. The number of carbonyl (C=O) groups is 2. The van der Waals surface area contributed by atoms with Gasteiger partial charge in [0.25, 0.3) is 0 Å². The van der Waals surface area contributed by atoms with Gasteiger partial charge in [-0.3, -0.25) is 13.9 Å². The van der Waals surface area contributed by atoms with Crippen LogP contribution in [0, 0.1) is 6.92 Å². The van der Waals surface area contributed by atoms with Gasteiger partial charge in [-0.05, 0) is 56.2 Å². The normalized spacial score (nSPS) is 12.2. The molecule has 1 N–H and O–H groups in total. The number of nitrogens with one attached hydrogen (secondary N) is 1. The third-order valence-electron chi connectivity index (χ3n) is 4.91. The van der Waals surface area contributed by atoms with Crippen molar-refractivity contribution in [2.75, 3.05) is 23.7 Å². The number of amides is 2. The number of anilines is 1. The first-order valence-electron chi connectivity index (χ1n) is 9.89. The fourth-order valence-corrected chi connectivity index (χ4v) is 4.21. The second-order valence-electron chi connectivity index (χ2n) is 7.26. The van der Waals surface area contributed by atoms with E-state index in [1.165, 1.54) is 4.90 Å². The van der Waals surface area contributed by atoms with Crippen molar-refractivity contribution in [1.82, 2.24) is 10.2 Å². The van der Waals surface area contributed by atoms with Gasteiger partial charge in [0.2, 0.25) is 21.8 Å². The number of likely N-dealkylation sites (N-methyl/N-ethyl adjacent to an activating group) is 1. The highest BCUT2D eigenvalue weighted by molar-refractivity contribution is 9.10. The summed E-state index contributed by atoms with van der Waals surface area (Å²) < 4.78 is 26.8. The number of nitrogens with zero attached hydrogens (tertiary/aromatic N) is 2. The first kappa shape index (κ1) is 24.9. The average Bonchev–Trinajstić information content (AvgIpc) is 2.71. The minimum absolute atomic E-state index is 0.196. The smallest absolute Gasteiger partial charge is 0.244 e. The van der Waals surface area contributed by atoms with E-state index in [1.54, 1.807) is 38.1 Å². The molecule has 0 radical (unpaired) electrons. The predicted molar refractivity (Wildman–Crippen MR) is 126 cm³/mol. The third-order valence-corrected chi connectivity index (χ3v) is 6.58. The van der Waals surface area contributed by atoms with E-state index in [0.29, 0.717) is 12.2 Å². The summed E-state index contributed by atoms with van der Waals surface area (Å²) in [6, 6.07) is 13.5. The van der Waals surface area contributed by atoms with Crippen LogP contribution in [-0.4, -0.2) is 50.5 Å². The molecular formula is C22H28BrN3O4S. The van der Waals surface area contributed by atoms with E-state index >= 15 is 0 Å². The molecule has 0 aromatic heterocycles. The van der Waals surface area contributed by atoms with E-state index in [4.69, 9.17) is 0 Å². The Balaban J connectivity index is 2.38. The summed E-state index contributed by atoms with van der Waals surface area (Å²) in [7, 11) is -3.73. The molecule has 7 nitrogen and oxygen atoms in total. The molecule has 0 saturated carbocycles. The second-order valence-corrected chi connectivity index (χ2v) is 10.1. The third kappa shape index (κ3) is 6.80. The summed E-state index contributed by atoms with van der Waals surface area (Å²) >= 11 is 3.33. The minimum Gasteiger partial charge on any atom is -0.355 e. The Bertz CT molecular complexity index is 1030. The second kappa shape index (κ2) is 10.8. The van der Waals surface area contributed by atoms with Crippen molar-refractivity contribution in [2.45, 2.75) is 33.4 Å². The summed E-state index contributed by atoms with van der Waals surface area (Å²) in [5.41, 5.74) is 2.25. The van der Waals surface area contributed by atoms with Crippen molar-refractivity contribution in [3.63, 3.8) is 0 Å². The molecule has 0 fully saturated rings. The summed E-state index contributed by atoms with van der Waals surface area (Å²) in [4.78, 5) is 27.3. The first-order valence-corrected chi connectivity index (χ1v) is 12.5. The number of hydrogen-bond acceptors (Lipinski definition) is 4. The van der Waals surface area contributed by atoms with E-state index < -0.39 is 28.5 Å². The molecule has 1 atom stereocenters. The Morgan fingerprint density at radius 2 is 1.71 bits per heavy atom. The number of sulfonamides is 1. The SMILES string of the molecule is CCNC(=O)C(C)N(Cc1ccccc1C)C(=O)CN(c1ccc(Br)cc1)S(C)(=O)=O. The van der Waals surface area contributed by atoms with E-state index in [-0.39, 0.29) is 12.5 Å². The van der Waals surface area contributed by atoms with E-state index in [9.17, 15) is 18.0 Å². The van der Waals surface area contributed by atoms with Crippen LogP contribution in [0.3, 0.4) is 0 Å². The van der Waals surface area contributed by atoms with Crippen molar-refractivity contribution in [3.8, 4) is 0 Å². The van der Waals surface area contributed by atoms with Crippen LogP contribution >= 0.6 is 15.9 Å². The molecular weight excluding hydrogens is 482 g/mol. The molecule has 9 heteroatoms. The average molecular weight is 510 g/mol. The van der Waals surface area contributed by atoms with E-state index in [2.05, 4.69) is 21.2 Å². The Morgan fingerprint density at radius 1 is 1.10 bits per heavy atom. The van der Waals surface area contributed by atoms with Crippen LogP contribution in [-0.2, 0) is 26.2 Å². The molecule has 1 unspecified atom stereocenters. The van der Waals surface area contributed by atoms with Gasteiger partial charge in [-0.1, -0.05) is 40.2 Å². The molecule has 2 rings (SSSR count). The maximum Gasteiger partial charge on any atom is 0.244 e. The maximum atomic E-state index is 13.3. The molecule has 0 heterocycles. The van der Waals surface area contributed by atoms with Crippen molar-refractivity contribution in [1.29, 1.82) is 0 Å². The lowest BCUT2D eigenvalue weighted by atomic mass is 10.1. The number of hydrogen-bond donors (Lipinski definition) is 1. The molecule has 0 aliphatic heterocycles. The van der Waals surface area contributed by atoms with Crippen LogP contribution in [0.15, 0.2) is 53.0 Å². The molecule has 0 saturated heterocycles. The Morgan fingerprint density at radius 3 is 2.26 bits per heavy atom. The van der Waals surface area contributed by atoms with Gasteiger partial charge in [0, 0.05) is 17.6 Å². The lowest BCUT2D eigenvalue weighted by molar-refractivity contribution is -0.139. The number of carbonyl (C=O) groups excluding carboxylic acids is 2. The highest BCUT2D eigenvalue weighted by Crippen LogP contribution is 2.22. The Hall–Kier alpha value is -2.39. The van der Waals surface area contributed by atoms with Gasteiger partial charge in [0.15, 0.2) is 0 Å².